The van der Waals surface area contributed by atoms with Crippen molar-refractivity contribution < 1.29 is 17.9 Å². The lowest BCUT2D eigenvalue weighted by atomic mass is 10.0. The lowest BCUT2D eigenvalue weighted by Gasteiger charge is -2.40. The van der Waals surface area contributed by atoms with E-state index in [2.05, 4.69) is 5.32 Å². The number of nitrogens with zero attached hydrogens (tertiary/aromatic N) is 1. The van der Waals surface area contributed by atoms with E-state index in [1.54, 1.807) is 4.90 Å². The van der Waals surface area contributed by atoms with E-state index in [1.807, 2.05) is 7.05 Å². The zero-order valence-electron chi connectivity index (χ0n) is 9.96. The highest BCUT2D eigenvalue weighted by atomic mass is 19.4. The van der Waals surface area contributed by atoms with Crippen LogP contribution in [-0.4, -0.2) is 56.0 Å². The number of ether oxygens (including phenoxy) is 1. The summed E-state index contributed by atoms with van der Waals surface area (Å²) in [6, 6.07) is 0.0498. The number of hydrogen-bond donors (Lipinski definition) is 1. The quantitative estimate of drug-likeness (QED) is 0.818. The molecule has 0 aromatic rings. The van der Waals surface area contributed by atoms with E-state index in [0.29, 0.717) is 13.2 Å². The summed E-state index contributed by atoms with van der Waals surface area (Å²) >= 11 is 0. The molecule has 17 heavy (non-hydrogen) atoms. The molecule has 2 unspecified atom stereocenters. The Hall–Kier alpha value is -0.330. The summed E-state index contributed by atoms with van der Waals surface area (Å²) in [6.07, 6.45) is -1.59. The number of nitrogens with one attached hydrogen (secondary N) is 1. The van der Waals surface area contributed by atoms with Crippen molar-refractivity contribution in [2.24, 2.45) is 0 Å². The predicted octanol–water partition coefficient (Wildman–Crippen LogP) is 1.39. The van der Waals surface area contributed by atoms with Gasteiger partial charge in [-0.2, -0.15) is 13.2 Å². The summed E-state index contributed by atoms with van der Waals surface area (Å²) in [7, 11) is 1.81. The van der Waals surface area contributed by atoms with Crippen molar-refractivity contribution >= 4 is 0 Å². The van der Waals surface area contributed by atoms with Gasteiger partial charge in [-0.15, -0.1) is 0 Å². The zero-order valence-corrected chi connectivity index (χ0v) is 9.96. The summed E-state index contributed by atoms with van der Waals surface area (Å²) in [4.78, 5) is 1.58. The summed E-state index contributed by atoms with van der Waals surface area (Å²) in [5.74, 6) is 0. The Morgan fingerprint density at radius 2 is 2.00 bits per heavy atom. The van der Waals surface area contributed by atoms with E-state index >= 15 is 0 Å². The molecule has 0 amide bonds. The van der Waals surface area contributed by atoms with Crippen molar-refractivity contribution in [3.05, 3.63) is 0 Å². The van der Waals surface area contributed by atoms with Crippen LogP contribution in [0.4, 0.5) is 13.2 Å². The van der Waals surface area contributed by atoms with Gasteiger partial charge in [0.15, 0.2) is 0 Å². The van der Waals surface area contributed by atoms with Gasteiger partial charge < -0.3 is 10.1 Å². The summed E-state index contributed by atoms with van der Waals surface area (Å²) in [6.45, 7) is 0.217. The van der Waals surface area contributed by atoms with Gasteiger partial charge in [0.1, 0.15) is 0 Å². The Labute approximate surface area is 99.3 Å². The molecule has 6 heteroatoms. The minimum atomic E-state index is -4.13. The summed E-state index contributed by atoms with van der Waals surface area (Å²) in [5.41, 5.74) is 0. The van der Waals surface area contributed by atoms with Gasteiger partial charge in [-0.25, -0.2) is 0 Å². The third kappa shape index (κ3) is 3.56. The molecule has 1 heterocycles. The monoisotopic (exact) mass is 252 g/mol. The molecule has 0 aromatic heterocycles. The Morgan fingerprint density at radius 3 is 2.53 bits per heavy atom. The molecule has 1 N–H and O–H groups in total. The highest BCUT2D eigenvalue weighted by Gasteiger charge is 2.44. The standard InChI is InChI=1S/C11H19F3N2O/c1-15-9-4-5-17-6-10(9)16(8-2-3-8)7-11(12,13)14/h8-10,15H,2-7H2,1H3. The van der Waals surface area contributed by atoms with Gasteiger partial charge in [0.25, 0.3) is 0 Å². The first-order chi connectivity index (χ1) is 8.01. The van der Waals surface area contributed by atoms with Gasteiger partial charge in [0.05, 0.1) is 13.2 Å². The van der Waals surface area contributed by atoms with E-state index in [0.717, 1.165) is 19.3 Å². The van der Waals surface area contributed by atoms with Crippen LogP contribution in [0.2, 0.25) is 0 Å². The molecular weight excluding hydrogens is 233 g/mol. The first kappa shape index (κ1) is 13.1. The SMILES string of the molecule is CNC1CCOCC1N(CC(F)(F)F)C1CC1. The Balaban J connectivity index is 2.03. The second kappa shape index (κ2) is 5.12. The molecule has 2 rings (SSSR count). The fourth-order valence-corrected chi connectivity index (χ4v) is 2.52. The van der Waals surface area contributed by atoms with E-state index in [1.165, 1.54) is 0 Å². The second-order valence-corrected chi connectivity index (χ2v) is 4.84. The summed E-state index contributed by atoms with van der Waals surface area (Å²) < 4.78 is 43.1. The number of alkyl halides is 3. The number of halogens is 3. The molecule has 0 radical (unpaired) electrons. The van der Waals surface area contributed by atoms with Gasteiger partial charge in [0.2, 0.25) is 0 Å². The van der Waals surface area contributed by atoms with Gasteiger partial charge in [0, 0.05) is 24.7 Å². The van der Waals surface area contributed by atoms with Gasteiger partial charge >= 0.3 is 6.18 Å². The molecule has 2 atom stereocenters. The first-order valence-corrected chi connectivity index (χ1v) is 6.09. The van der Waals surface area contributed by atoms with Crippen molar-refractivity contribution in [3.8, 4) is 0 Å². The van der Waals surface area contributed by atoms with Crippen LogP contribution in [-0.2, 0) is 4.74 Å². The maximum Gasteiger partial charge on any atom is 0.401 e. The number of hydrogen-bond acceptors (Lipinski definition) is 3. The molecule has 1 saturated heterocycles. The average Bonchev–Trinajstić information content (AvgIpc) is 3.08. The van der Waals surface area contributed by atoms with Crippen molar-refractivity contribution in [3.63, 3.8) is 0 Å². The van der Waals surface area contributed by atoms with Crippen molar-refractivity contribution in [2.45, 2.75) is 43.6 Å². The molecule has 0 bridgehead atoms. The van der Waals surface area contributed by atoms with Crippen LogP contribution in [0.15, 0.2) is 0 Å². The molecular formula is C11H19F3N2O. The lowest BCUT2D eigenvalue weighted by Crippen LogP contribution is -2.57. The van der Waals surface area contributed by atoms with Gasteiger partial charge in [-0.05, 0) is 26.3 Å². The molecule has 0 spiro atoms. The summed E-state index contributed by atoms with van der Waals surface area (Å²) in [5, 5.41) is 3.11. The highest BCUT2D eigenvalue weighted by molar-refractivity contribution is 4.95. The Kier molecular flexibility index (Phi) is 3.95. The van der Waals surface area contributed by atoms with Gasteiger partial charge in [-0.1, -0.05) is 0 Å². The molecule has 0 aromatic carbocycles. The van der Waals surface area contributed by atoms with E-state index in [4.69, 9.17) is 4.74 Å². The third-order valence-electron chi connectivity index (χ3n) is 3.50. The topological polar surface area (TPSA) is 24.5 Å². The van der Waals surface area contributed by atoms with Crippen molar-refractivity contribution in [2.75, 3.05) is 26.8 Å². The van der Waals surface area contributed by atoms with E-state index in [-0.39, 0.29) is 18.1 Å². The molecule has 1 aliphatic carbocycles. The Bertz CT molecular complexity index is 256. The predicted molar refractivity (Wildman–Crippen MR) is 57.9 cm³/mol. The van der Waals surface area contributed by atoms with Crippen LogP contribution in [0.3, 0.4) is 0 Å². The van der Waals surface area contributed by atoms with Crippen LogP contribution in [0, 0.1) is 0 Å². The van der Waals surface area contributed by atoms with Crippen LogP contribution < -0.4 is 5.32 Å². The minimum Gasteiger partial charge on any atom is -0.380 e. The van der Waals surface area contributed by atoms with Gasteiger partial charge in [-0.3, -0.25) is 4.90 Å². The maximum atomic E-state index is 12.6. The fraction of sp³-hybridized carbons (Fsp3) is 1.00. The molecule has 2 fully saturated rings. The smallest absolute Gasteiger partial charge is 0.380 e. The van der Waals surface area contributed by atoms with Crippen LogP contribution in [0.25, 0.3) is 0 Å². The van der Waals surface area contributed by atoms with E-state index < -0.39 is 12.7 Å². The molecule has 100 valence electrons. The minimum absolute atomic E-state index is 0.0965. The number of likely N-dealkylation sites (N-methyl/N-ethyl adjacent to an activating group) is 1. The van der Waals surface area contributed by atoms with Crippen molar-refractivity contribution in [1.82, 2.24) is 10.2 Å². The Morgan fingerprint density at radius 1 is 1.29 bits per heavy atom. The number of rotatable bonds is 4. The maximum absolute atomic E-state index is 12.6. The van der Waals surface area contributed by atoms with Crippen LogP contribution in [0.1, 0.15) is 19.3 Å². The second-order valence-electron chi connectivity index (χ2n) is 4.84. The highest BCUT2D eigenvalue weighted by Crippen LogP contribution is 2.33. The largest absolute Gasteiger partial charge is 0.401 e. The molecule has 1 aliphatic heterocycles. The third-order valence-corrected chi connectivity index (χ3v) is 3.50. The van der Waals surface area contributed by atoms with Crippen LogP contribution >= 0.6 is 0 Å². The zero-order chi connectivity index (χ0) is 12.5. The fourth-order valence-electron chi connectivity index (χ4n) is 2.52. The normalized spacial score (nSPS) is 30.9. The average molecular weight is 252 g/mol. The lowest BCUT2D eigenvalue weighted by molar-refractivity contribution is -0.159. The van der Waals surface area contributed by atoms with E-state index in [9.17, 15) is 13.2 Å². The van der Waals surface area contributed by atoms with Crippen LogP contribution in [0.5, 0.6) is 0 Å². The molecule has 1 saturated carbocycles. The molecule has 3 nitrogen and oxygen atoms in total. The van der Waals surface area contributed by atoms with Crippen molar-refractivity contribution in [1.29, 1.82) is 0 Å². The molecule has 2 aliphatic rings. The first-order valence-electron chi connectivity index (χ1n) is 6.09.